The van der Waals surface area contributed by atoms with E-state index in [0.717, 1.165) is 0 Å². The summed E-state index contributed by atoms with van der Waals surface area (Å²) in [6.07, 6.45) is 0.888. The molecule has 0 saturated heterocycles. The molecule has 1 aromatic rings. The number of alkyl carbamates (subject to hydrolysis) is 1. The largest absolute Gasteiger partial charge is 0.482 e. The van der Waals surface area contributed by atoms with Gasteiger partial charge >= 0.3 is 6.09 Å². The van der Waals surface area contributed by atoms with Crippen molar-refractivity contribution in [1.29, 1.82) is 0 Å². The van der Waals surface area contributed by atoms with Crippen molar-refractivity contribution in [2.24, 2.45) is 0 Å². The zero-order valence-corrected chi connectivity index (χ0v) is 13.2. The van der Waals surface area contributed by atoms with E-state index in [1.165, 1.54) is 12.1 Å². The van der Waals surface area contributed by atoms with Gasteiger partial charge in [-0.2, -0.15) is 0 Å². The number of ether oxygens (including phenoxy) is 2. The monoisotopic (exact) mass is 346 g/mol. The van der Waals surface area contributed by atoms with E-state index in [0.29, 0.717) is 15.8 Å². The van der Waals surface area contributed by atoms with Gasteiger partial charge in [-0.05, 0) is 18.2 Å². The van der Waals surface area contributed by atoms with Crippen molar-refractivity contribution in [3.05, 3.63) is 40.9 Å². The van der Waals surface area contributed by atoms with E-state index in [4.69, 9.17) is 32.7 Å². The van der Waals surface area contributed by atoms with Crippen LogP contribution in [0.4, 0.5) is 4.79 Å². The quantitative estimate of drug-likeness (QED) is 0.559. The highest BCUT2D eigenvalue weighted by Gasteiger charge is 2.06. The molecule has 2 amide bonds. The standard InChI is InChI=1S/C14H16Cl2N2O4/c1-2-7-21-14(20)18-6-5-17-13(19)9-22-12-4-3-10(15)8-11(12)16/h2-4,8H,1,5-7,9H2,(H,17,19)(H,18,20). The number of halogens is 2. The van der Waals surface area contributed by atoms with Crippen molar-refractivity contribution in [2.75, 3.05) is 26.3 Å². The van der Waals surface area contributed by atoms with E-state index < -0.39 is 6.09 Å². The molecule has 0 unspecified atom stereocenters. The van der Waals surface area contributed by atoms with E-state index in [9.17, 15) is 9.59 Å². The molecular formula is C14H16Cl2N2O4. The van der Waals surface area contributed by atoms with Gasteiger partial charge in [0.05, 0.1) is 5.02 Å². The molecule has 0 aliphatic heterocycles. The Hall–Kier alpha value is -1.92. The SMILES string of the molecule is C=CCOC(=O)NCCNC(=O)COc1ccc(Cl)cc1Cl. The van der Waals surface area contributed by atoms with Gasteiger partial charge in [0.1, 0.15) is 12.4 Å². The van der Waals surface area contributed by atoms with E-state index in [1.807, 2.05) is 0 Å². The Morgan fingerprint density at radius 3 is 2.64 bits per heavy atom. The van der Waals surface area contributed by atoms with Crippen molar-refractivity contribution in [2.45, 2.75) is 0 Å². The molecule has 0 saturated carbocycles. The zero-order chi connectivity index (χ0) is 16.4. The fraction of sp³-hybridized carbons (Fsp3) is 0.286. The molecule has 1 rings (SSSR count). The topological polar surface area (TPSA) is 76.7 Å². The van der Waals surface area contributed by atoms with Gasteiger partial charge in [-0.25, -0.2) is 4.79 Å². The van der Waals surface area contributed by atoms with Gasteiger partial charge < -0.3 is 20.1 Å². The van der Waals surface area contributed by atoms with Gasteiger partial charge in [-0.1, -0.05) is 35.9 Å². The molecule has 0 aromatic heterocycles. The summed E-state index contributed by atoms with van der Waals surface area (Å²) in [6.45, 7) is 3.85. The van der Waals surface area contributed by atoms with Gasteiger partial charge in [0.2, 0.25) is 0 Å². The predicted octanol–water partition coefficient (Wildman–Crippen LogP) is 2.40. The van der Waals surface area contributed by atoms with Crippen molar-refractivity contribution < 1.29 is 19.1 Å². The first-order valence-corrected chi connectivity index (χ1v) is 7.14. The average molecular weight is 347 g/mol. The lowest BCUT2D eigenvalue weighted by atomic mass is 10.3. The van der Waals surface area contributed by atoms with Gasteiger partial charge in [-0.15, -0.1) is 0 Å². The fourth-order valence-corrected chi connectivity index (χ4v) is 1.80. The van der Waals surface area contributed by atoms with Gasteiger partial charge in [0.15, 0.2) is 6.61 Å². The van der Waals surface area contributed by atoms with Gasteiger partial charge in [0, 0.05) is 18.1 Å². The minimum Gasteiger partial charge on any atom is -0.482 e. The Morgan fingerprint density at radius 2 is 1.95 bits per heavy atom. The molecule has 6 nitrogen and oxygen atoms in total. The molecule has 0 aliphatic carbocycles. The lowest BCUT2D eigenvalue weighted by Crippen LogP contribution is -2.37. The summed E-state index contributed by atoms with van der Waals surface area (Å²) >= 11 is 11.7. The number of rotatable bonds is 8. The smallest absolute Gasteiger partial charge is 0.407 e. The number of nitrogens with one attached hydrogen (secondary N) is 2. The normalized spacial score (nSPS) is 9.73. The third-order valence-corrected chi connectivity index (χ3v) is 2.83. The lowest BCUT2D eigenvalue weighted by molar-refractivity contribution is -0.123. The van der Waals surface area contributed by atoms with Crippen LogP contribution in [0.5, 0.6) is 5.75 Å². The number of hydrogen-bond donors (Lipinski definition) is 2. The number of amides is 2. The summed E-state index contributed by atoms with van der Waals surface area (Å²) in [5.41, 5.74) is 0. The van der Waals surface area contributed by atoms with Crippen LogP contribution in [0.2, 0.25) is 10.0 Å². The fourth-order valence-electron chi connectivity index (χ4n) is 1.34. The highest BCUT2D eigenvalue weighted by atomic mass is 35.5. The number of benzene rings is 1. The van der Waals surface area contributed by atoms with E-state index in [-0.39, 0.29) is 32.2 Å². The Kier molecular flexibility index (Phi) is 8.17. The molecule has 0 heterocycles. The van der Waals surface area contributed by atoms with Gasteiger partial charge in [-0.3, -0.25) is 4.79 Å². The summed E-state index contributed by atoms with van der Waals surface area (Å²) < 4.78 is 9.95. The van der Waals surface area contributed by atoms with E-state index >= 15 is 0 Å². The zero-order valence-electron chi connectivity index (χ0n) is 11.7. The summed E-state index contributed by atoms with van der Waals surface area (Å²) in [5.74, 6) is 0.0274. The maximum Gasteiger partial charge on any atom is 0.407 e. The van der Waals surface area contributed by atoms with Crippen LogP contribution in [0.1, 0.15) is 0 Å². The summed E-state index contributed by atoms with van der Waals surface area (Å²) in [7, 11) is 0. The van der Waals surface area contributed by atoms with E-state index in [1.54, 1.807) is 12.1 Å². The first kappa shape index (κ1) is 18.1. The van der Waals surface area contributed by atoms with Crippen LogP contribution >= 0.6 is 23.2 Å². The van der Waals surface area contributed by atoms with Crippen molar-refractivity contribution in [1.82, 2.24) is 10.6 Å². The van der Waals surface area contributed by atoms with Crippen molar-refractivity contribution in [3.63, 3.8) is 0 Å². The Balaban J connectivity index is 2.18. The third-order valence-electron chi connectivity index (χ3n) is 2.30. The molecule has 2 N–H and O–H groups in total. The second kappa shape index (κ2) is 9.92. The molecule has 22 heavy (non-hydrogen) atoms. The molecule has 0 aliphatic rings. The Bertz CT molecular complexity index is 538. The molecule has 0 bridgehead atoms. The molecular weight excluding hydrogens is 331 g/mol. The minimum absolute atomic E-state index is 0.133. The van der Waals surface area contributed by atoms with Crippen LogP contribution < -0.4 is 15.4 Å². The average Bonchev–Trinajstić information content (AvgIpc) is 2.48. The lowest BCUT2D eigenvalue weighted by Gasteiger charge is -2.09. The molecule has 0 radical (unpaired) electrons. The first-order chi connectivity index (χ1) is 10.5. The first-order valence-electron chi connectivity index (χ1n) is 6.39. The highest BCUT2D eigenvalue weighted by Crippen LogP contribution is 2.27. The van der Waals surface area contributed by atoms with Crippen LogP contribution in [-0.2, 0) is 9.53 Å². The maximum atomic E-state index is 11.5. The van der Waals surface area contributed by atoms with Crippen LogP contribution in [0, 0.1) is 0 Å². The minimum atomic E-state index is -0.571. The molecule has 0 fully saturated rings. The predicted molar refractivity (Wildman–Crippen MR) is 84.5 cm³/mol. The summed E-state index contributed by atoms with van der Waals surface area (Å²) in [4.78, 5) is 22.6. The summed E-state index contributed by atoms with van der Waals surface area (Å²) in [6, 6.07) is 4.71. The van der Waals surface area contributed by atoms with Crippen LogP contribution in [0.15, 0.2) is 30.9 Å². The maximum absolute atomic E-state index is 11.5. The van der Waals surface area contributed by atoms with Crippen molar-refractivity contribution >= 4 is 35.2 Å². The Morgan fingerprint density at radius 1 is 1.23 bits per heavy atom. The molecule has 0 atom stereocenters. The summed E-state index contributed by atoms with van der Waals surface area (Å²) in [5, 5.41) is 5.84. The highest BCUT2D eigenvalue weighted by molar-refractivity contribution is 6.35. The van der Waals surface area contributed by atoms with Crippen LogP contribution in [0.25, 0.3) is 0 Å². The second-order valence-electron chi connectivity index (χ2n) is 4.03. The molecule has 1 aromatic carbocycles. The van der Waals surface area contributed by atoms with E-state index in [2.05, 4.69) is 17.2 Å². The second-order valence-corrected chi connectivity index (χ2v) is 4.87. The number of hydrogen-bond acceptors (Lipinski definition) is 4. The van der Waals surface area contributed by atoms with Crippen LogP contribution in [0.3, 0.4) is 0 Å². The van der Waals surface area contributed by atoms with Crippen LogP contribution in [-0.4, -0.2) is 38.3 Å². The molecule has 0 spiro atoms. The van der Waals surface area contributed by atoms with Crippen molar-refractivity contribution in [3.8, 4) is 5.75 Å². The molecule has 120 valence electrons. The third kappa shape index (κ3) is 7.19. The van der Waals surface area contributed by atoms with Gasteiger partial charge in [0.25, 0.3) is 5.91 Å². The number of carbonyl (C=O) groups excluding carboxylic acids is 2. The number of carbonyl (C=O) groups is 2. The Labute approximate surface area is 138 Å². The molecule has 8 heteroatoms.